The minimum atomic E-state index is -0.0249. The van der Waals surface area contributed by atoms with E-state index in [1.807, 2.05) is 13.1 Å². The quantitative estimate of drug-likeness (QED) is 0.650. The van der Waals surface area contributed by atoms with Crippen LogP contribution in [-0.2, 0) is 16.0 Å². The molecule has 0 aromatic carbocycles. The fraction of sp³-hybridized carbons (Fsp3) is 0.800. The molecule has 0 bridgehead atoms. The number of aromatic nitrogens is 3. The second-order valence-electron chi connectivity index (χ2n) is 3.53. The fourth-order valence-electron chi connectivity index (χ4n) is 1.20. The zero-order valence-electron chi connectivity index (χ0n) is 9.93. The van der Waals surface area contributed by atoms with Crippen LogP contribution in [0, 0.1) is 0 Å². The summed E-state index contributed by atoms with van der Waals surface area (Å²) >= 11 is 0. The summed E-state index contributed by atoms with van der Waals surface area (Å²) in [6.07, 6.45) is 2.73. The maximum atomic E-state index is 5.84. The van der Waals surface area contributed by atoms with E-state index in [1.165, 1.54) is 0 Å². The van der Waals surface area contributed by atoms with Crippen molar-refractivity contribution in [3.05, 3.63) is 11.9 Å². The van der Waals surface area contributed by atoms with Gasteiger partial charge in [0.05, 0.1) is 44.3 Å². The molecule has 92 valence electrons. The minimum absolute atomic E-state index is 0.0249. The van der Waals surface area contributed by atoms with Crippen molar-refractivity contribution in [1.82, 2.24) is 15.0 Å². The van der Waals surface area contributed by atoms with E-state index in [9.17, 15) is 0 Å². The maximum absolute atomic E-state index is 5.84. The summed E-state index contributed by atoms with van der Waals surface area (Å²) in [7, 11) is 1.65. The summed E-state index contributed by atoms with van der Waals surface area (Å²) in [4.78, 5) is 0. The molecule has 1 unspecified atom stereocenters. The molecular weight excluding hydrogens is 208 g/mol. The van der Waals surface area contributed by atoms with Crippen molar-refractivity contribution in [3.8, 4) is 0 Å². The average Bonchev–Trinajstić information content (AvgIpc) is 2.76. The van der Waals surface area contributed by atoms with Crippen LogP contribution in [0.4, 0.5) is 0 Å². The van der Waals surface area contributed by atoms with Crippen molar-refractivity contribution in [3.63, 3.8) is 0 Å². The lowest BCUT2D eigenvalue weighted by molar-refractivity contribution is 0.0652. The van der Waals surface area contributed by atoms with Gasteiger partial charge in [-0.15, -0.1) is 5.10 Å². The first-order valence-electron chi connectivity index (χ1n) is 5.50. The predicted molar refractivity (Wildman–Crippen MR) is 59.9 cm³/mol. The number of hydrogen-bond donors (Lipinski definition) is 1. The summed E-state index contributed by atoms with van der Waals surface area (Å²) in [6.45, 7) is 4.54. The molecule has 0 radical (unpaired) electrons. The molecule has 0 aliphatic carbocycles. The summed E-state index contributed by atoms with van der Waals surface area (Å²) in [5.41, 5.74) is 6.67. The Bertz CT molecular complexity index is 290. The topological polar surface area (TPSA) is 75.2 Å². The molecule has 6 nitrogen and oxygen atoms in total. The number of rotatable bonds is 8. The van der Waals surface area contributed by atoms with Crippen molar-refractivity contribution in [1.29, 1.82) is 0 Å². The van der Waals surface area contributed by atoms with Gasteiger partial charge in [-0.25, -0.2) is 4.68 Å². The standard InChI is InChI=1S/C10H20N4O2/c1-3-9(11)10-8-14(13-12-10)4-5-16-7-6-15-2/h8-9H,3-7,11H2,1-2H3. The SMILES string of the molecule is CCC(N)c1cn(CCOCCOC)nn1. The molecule has 0 aliphatic heterocycles. The van der Waals surface area contributed by atoms with Crippen molar-refractivity contribution < 1.29 is 9.47 Å². The van der Waals surface area contributed by atoms with E-state index in [2.05, 4.69) is 10.3 Å². The van der Waals surface area contributed by atoms with Gasteiger partial charge in [-0.05, 0) is 6.42 Å². The molecule has 0 spiro atoms. The van der Waals surface area contributed by atoms with Gasteiger partial charge in [0, 0.05) is 7.11 Å². The summed E-state index contributed by atoms with van der Waals surface area (Å²) in [5, 5.41) is 7.99. The Morgan fingerprint density at radius 3 is 2.94 bits per heavy atom. The highest BCUT2D eigenvalue weighted by Gasteiger charge is 2.07. The van der Waals surface area contributed by atoms with Gasteiger partial charge >= 0.3 is 0 Å². The van der Waals surface area contributed by atoms with Crippen LogP contribution in [0.5, 0.6) is 0 Å². The molecule has 1 heterocycles. The van der Waals surface area contributed by atoms with Gasteiger partial charge in [0.1, 0.15) is 0 Å². The second kappa shape index (κ2) is 7.32. The first-order chi connectivity index (χ1) is 7.77. The van der Waals surface area contributed by atoms with Crippen molar-refractivity contribution in [2.24, 2.45) is 5.73 Å². The highest BCUT2D eigenvalue weighted by Crippen LogP contribution is 2.08. The van der Waals surface area contributed by atoms with E-state index >= 15 is 0 Å². The first-order valence-corrected chi connectivity index (χ1v) is 5.50. The summed E-state index contributed by atoms with van der Waals surface area (Å²) < 4.78 is 11.9. The monoisotopic (exact) mass is 228 g/mol. The van der Waals surface area contributed by atoms with Crippen LogP contribution in [0.25, 0.3) is 0 Å². The second-order valence-corrected chi connectivity index (χ2v) is 3.53. The largest absolute Gasteiger partial charge is 0.382 e. The van der Waals surface area contributed by atoms with Gasteiger partial charge in [-0.1, -0.05) is 12.1 Å². The Kier molecular flexibility index (Phi) is 5.99. The number of hydrogen-bond acceptors (Lipinski definition) is 5. The first kappa shape index (κ1) is 13.1. The molecule has 0 saturated carbocycles. The third-order valence-electron chi connectivity index (χ3n) is 2.27. The van der Waals surface area contributed by atoms with Gasteiger partial charge in [0.25, 0.3) is 0 Å². The Hall–Kier alpha value is -0.980. The lowest BCUT2D eigenvalue weighted by Gasteiger charge is -2.03. The van der Waals surface area contributed by atoms with Gasteiger partial charge < -0.3 is 15.2 Å². The van der Waals surface area contributed by atoms with Crippen molar-refractivity contribution >= 4 is 0 Å². The summed E-state index contributed by atoms with van der Waals surface area (Å²) in [5.74, 6) is 0. The van der Waals surface area contributed by atoms with Crippen LogP contribution >= 0.6 is 0 Å². The molecule has 1 rings (SSSR count). The number of nitrogens with zero attached hydrogens (tertiary/aromatic N) is 3. The van der Waals surface area contributed by atoms with E-state index in [4.69, 9.17) is 15.2 Å². The van der Waals surface area contributed by atoms with Gasteiger partial charge in [-0.3, -0.25) is 0 Å². The molecule has 6 heteroatoms. The van der Waals surface area contributed by atoms with Gasteiger partial charge in [0.2, 0.25) is 0 Å². The average molecular weight is 228 g/mol. The molecule has 1 aromatic rings. The third-order valence-corrected chi connectivity index (χ3v) is 2.27. The Morgan fingerprint density at radius 2 is 2.25 bits per heavy atom. The lowest BCUT2D eigenvalue weighted by Crippen LogP contribution is -2.10. The molecule has 1 aromatic heterocycles. The summed E-state index contributed by atoms with van der Waals surface area (Å²) in [6, 6.07) is -0.0249. The minimum Gasteiger partial charge on any atom is -0.382 e. The molecule has 0 saturated heterocycles. The molecule has 2 N–H and O–H groups in total. The fourth-order valence-corrected chi connectivity index (χ4v) is 1.20. The zero-order chi connectivity index (χ0) is 11.8. The molecule has 16 heavy (non-hydrogen) atoms. The zero-order valence-corrected chi connectivity index (χ0v) is 9.93. The van der Waals surface area contributed by atoms with Crippen molar-refractivity contribution in [2.75, 3.05) is 26.9 Å². The van der Waals surface area contributed by atoms with Crippen molar-refractivity contribution in [2.45, 2.75) is 25.9 Å². The molecule has 0 amide bonds. The van der Waals surface area contributed by atoms with Crippen LogP contribution in [0.3, 0.4) is 0 Å². The van der Waals surface area contributed by atoms with E-state index in [0.29, 0.717) is 26.4 Å². The maximum Gasteiger partial charge on any atom is 0.0994 e. The third kappa shape index (κ3) is 4.26. The Morgan fingerprint density at radius 1 is 1.44 bits per heavy atom. The van der Waals surface area contributed by atoms with E-state index < -0.39 is 0 Å². The predicted octanol–water partition coefficient (Wildman–Crippen LogP) is 0.351. The molecule has 0 aliphatic rings. The highest BCUT2D eigenvalue weighted by atomic mass is 16.5. The molecule has 1 atom stereocenters. The smallest absolute Gasteiger partial charge is 0.0994 e. The molecular formula is C10H20N4O2. The lowest BCUT2D eigenvalue weighted by atomic mass is 10.2. The number of ether oxygens (including phenoxy) is 2. The van der Waals surface area contributed by atoms with E-state index in [1.54, 1.807) is 11.8 Å². The van der Waals surface area contributed by atoms with Crippen LogP contribution in [0.15, 0.2) is 6.20 Å². The van der Waals surface area contributed by atoms with Crippen LogP contribution < -0.4 is 5.73 Å². The van der Waals surface area contributed by atoms with E-state index in [0.717, 1.165) is 12.1 Å². The molecule has 0 fully saturated rings. The normalized spacial score (nSPS) is 12.9. The van der Waals surface area contributed by atoms with Gasteiger partial charge in [0.15, 0.2) is 0 Å². The highest BCUT2D eigenvalue weighted by molar-refractivity contribution is 4.98. The number of nitrogens with two attached hydrogens (primary N) is 1. The van der Waals surface area contributed by atoms with Crippen LogP contribution in [0.2, 0.25) is 0 Å². The van der Waals surface area contributed by atoms with E-state index in [-0.39, 0.29) is 6.04 Å². The van der Waals surface area contributed by atoms with Gasteiger partial charge in [-0.2, -0.15) is 0 Å². The Labute approximate surface area is 95.7 Å². The number of methoxy groups -OCH3 is 1. The Balaban J connectivity index is 2.24. The van der Waals surface area contributed by atoms with Crippen LogP contribution in [0.1, 0.15) is 25.1 Å². The van der Waals surface area contributed by atoms with Crippen LogP contribution in [-0.4, -0.2) is 41.9 Å².